The Morgan fingerprint density at radius 3 is 2.22 bits per heavy atom. The summed E-state index contributed by atoms with van der Waals surface area (Å²) in [5.74, 6) is -3.50. The Kier molecular flexibility index (Phi) is 7.29. The Balaban J connectivity index is 0.000000360. The number of alkyl halides is 3. The molecule has 0 unspecified atom stereocenters. The first-order chi connectivity index (χ1) is 8.23. The average Bonchev–Trinajstić information content (AvgIpc) is 2.27. The minimum atomic E-state index is -5.08. The first kappa shape index (κ1) is 16.6. The van der Waals surface area contributed by atoms with Crippen molar-refractivity contribution < 1.29 is 37.7 Å². The van der Waals surface area contributed by atoms with Crippen molar-refractivity contribution in [2.24, 2.45) is 0 Å². The monoisotopic (exact) mass is 273 g/mol. The van der Waals surface area contributed by atoms with E-state index >= 15 is 0 Å². The van der Waals surface area contributed by atoms with Crippen LogP contribution in [0.3, 0.4) is 0 Å². The second kappa shape index (κ2) is 7.88. The molecule has 0 amide bonds. The van der Waals surface area contributed by atoms with Crippen molar-refractivity contribution in [2.75, 3.05) is 19.8 Å². The van der Waals surface area contributed by atoms with E-state index in [0.717, 1.165) is 13.2 Å². The van der Waals surface area contributed by atoms with E-state index in [0.29, 0.717) is 13.0 Å². The molecule has 0 aromatic rings. The molecule has 1 rings (SSSR count). The number of hydrogen-bond acceptors (Lipinski definition) is 4. The number of rotatable bonds is 3. The summed E-state index contributed by atoms with van der Waals surface area (Å²) >= 11 is 0. The molecular weight excluding hydrogens is 259 g/mol. The van der Waals surface area contributed by atoms with Gasteiger partial charge in [0.05, 0.1) is 13.2 Å². The lowest BCUT2D eigenvalue weighted by Crippen LogP contribution is -2.41. The van der Waals surface area contributed by atoms with E-state index in [2.05, 4.69) is 5.32 Å². The van der Waals surface area contributed by atoms with E-state index in [9.17, 15) is 18.0 Å². The van der Waals surface area contributed by atoms with Gasteiger partial charge in [0, 0.05) is 19.0 Å². The molecule has 0 aliphatic carbocycles. The third kappa shape index (κ3) is 8.76. The summed E-state index contributed by atoms with van der Waals surface area (Å²) in [7, 11) is 0. The first-order valence-electron chi connectivity index (χ1n) is 5.06. The highest BCUT2D eigenvalue weighted by Crippen LogP contribution is 2.13. The largest absolute Gasteiger partial charge is 0.490 e. The fourth-order valence-corrected chi connectivity index (χ4v) is 1.10. The predicted molar refractivity (Wildman–Crippen MR) is 53.2 cm³/mol. The molecule has 6 nitrogen and oxygen atoms in total. The van der Waals surface area contributed by atoms with Crippen LogP contribution in [0, 0.1) is 0 Å². The fourth-order valence-electron chi connectivity index (χ4n) is 1.10. The van der Waals surface area contributed by atoms with E-state index in [-0.39, 0.29) is 12.5 Å². The third-order valence-electron chi connectivity index (χ3n) is 1.95. The number of carboxylic acids is 2. The van der Waals surface area contributed by atoms with Gasteiger partial charge >= 0.3 is 18.1 Å². The second-order valence-electron chi connectivity index (χ2n) is 3.46. The topological polar surface area (TPSA) is 95.9 Å². The molecule has 3 N–H and O–H groups in total. The maximum absolute atomic E-state index is 10.6. The number of hydrogen-bond donors (Lipinski definition) is 3. The lowest BCUT2D eigenvalue weighted by molar-refractivity contribution is -0.192. The summed E-state index contributed by atoms with van der Waals surface area (Å²) in [4.78, 5) is 19.1. The molecule has 1 aliphatic heterocycles. The molecule has 106 valence electrons. The Labute approximate surface area is 101 Å². The van der Waals surface area contributed by atoms with Crippen LogP contribution < -0.4 is 5.32 Å². The van der Waals surface area contributed by atoms with Crippen molar-refractivity contribution in [1.82, 2.24) is 5.32 Å². The van der Waals surface area contributed by atoms with Crippen LogP contribution in [0.1, 0.15) is 12.8 Å². The quantitative estimate of drug-likeness (QED) is 0.692. The van der Waals surface area contributed by atoms with Crippen molar-refractivity contribution in [2.45, 2.75) is 25.1 Å². The molecule has 1 fully saturated rings. The van der Waals surface area contributed by atoms with E-state index < -0.39 is 18.1 Å². The molecule has 0 spiro atoms. The fraction of sp³-hybridized carbons (Fsp3) is 0.778. The number of aliphatic carboxylic acids is 2. The standard InChI is InChI=1S/C7H13NO3.C2HF3O2/c9-7(10)2-1-6-5-11-4-3-8-6;3-2(4,5)1(6)7/h6,8H,1-5H2,(H,9,10);(H,6,7)/t6-;/m1./s1. The van der Waals surface area contributed by atoms with Crippen LogP contribution in [0.25, 0.3) is 0 Å². The molecule has 0 radical (unpaired) electrons. The summed E-state index contributed by atoms with van der Waals surface area (Å²) in [5, 5.41) is 18.7. The van der Waals surface area contributed by atoms with Gasteiger partial charge in [-0.2, -0.15) is 13.2 Å². The summed E-state index contributed by atoms with van der Waals surface area (Å²) in [6.07, 6.45) is -4.20. The van der Waals surface area contributed by atoms with Gasteiger partial charge in [0.15, 0.2) is 0 Å². The highest BCUT2D eigenvalue weighted by molar-refractivity contribution is 5.73. The molecule has 0 saturated carbocycles. The Hall–Kier alpha value is -1.35. The number of ether oxygens (including phenoxy) is 1. The van der Waals surface area contributed by atoms with Crippen LogP contribution in [0.15, 0.2) is 0 Å². The summed E-state index contributed by atoms with van der Waals surface area (Å²) in [6.45, 7) is 2.22. The maximum Gasteiger partial charge on any atom is 0.490 e. The molecule has 18 heavy (non-hydrogen) atoms. The highest BCUT2D eigenvalue weighted by Gasteiger charge is 2.38. The zero-order valence-corrected chi connectivity index (χ0v) is 9.37. The highest BCUT2D eigenvalue weighted by atomic mass is 19.4. The molecule has 0 bridgehead atoms. The van der Waals surface area contributed by atoms with Gasteiger partial charge in [-0.15, -0.1) is 0 Å². The second-order valence-corrected chi connectivity index (χ2v) is 3.46. The van der Waals surface area contributed by atoms with Gasteiger partial charge in [-0.25, -0.2) is 4.79 Å². The molecule has 1 aliphatic rings. The van der Waals surface area contributed by atoms with E-state index in [1.165, 1.54) is 0 Å². The maximum atomic E-state index is 10.6. The summed E-state index contributed by atoms with van der Waals surface area (Å²) in [6, 6.07) is 0.236. The number of carboxylic acid groups (broad SMARTS) is 2. The molecule has 1 saturated heterocycles. The number of morpholine rings is 1. The third-order valence-corrected chi connectivity index (χ3v) is 1.95. The molecule has 0 aromatic heterocycles. The smallest absolute Gasteiger partial charge is 0.481 e. The van der Waals surface area contributed by atoms with E-state index in [1.54, 1.807) is 0 Å². The van der Waals surface area contributed by atoms with Crippen LogP contribution in [0.5, 0.6) is 0 Å². The zero-order chi connectivity index (χ0) is 14.2. The van der Waals surface area contributed by atoms with Crippen LogP contribution in [-0.4, -0.2) is 54.1 Å². The van der Waals surface area contributed by atoms with Crippen molar-refractivity contribution in [3.63, 3.8) is 0 Å². The molecular formula is C9H14F3NO5. The summed E-state index contributed by atoms with van der Waals surface area (Å²) in [5.41, 5.74) is 0. The van der Waals surface area contributed by atoms with Gasteiger partial charge in [0.2, 0.25) is 0 Å². The molecule has 1 heterocycles. The van der Waals surface area contributed by atoms with Crippen LogP contribution in [0.2, 0.25) is 0 Å². The molecule has 1 atom stereocenters. The normalized spacial score (nSPS) is 19.6. The lowest BCUT2D eigenvalue weighted by Gasteiger charge is -2.22. The van der Waals surface area contributed by atoms with Gasteiger partial charge in [0.25, 0.3) is 0 Å². The Bertz CT molecular complexity index is 276. The van der Waals surface area contributed by atoms with Gasteiger partial charge in [-0.3, -0.25) is 4.79 Å². The van der Waals surface area contributed by atoms with Gasteiger partial charge in [-0.05, 0) is 6.42 Å². The number of carbonyl (C=O) groups is 2. The number of halogens is 3. The Morgan fingerprint density at radius 1 is 1.33 bits per heavy atom. The van der Waals surface area contributed by atoms with Crippen LogP contribution >= 0.6 is 0 Å². The minimum Gasteiger partial charge on any atom is -0.481 e. The number of nitrogens with one attached hydrogen (secondary N) is 1. The van der Waals surface area contributed by atoms with Crippen molar-refractivity contribution in [3.8, 4) is 0 Å². The zero-order valence-electron chi connectivity index (χ0n) is 9.37. The van der Waals surface area contributed by atoms with Crippen LogP contribution in [-0.2, 0) is 14.3 Å². The predicted octanol–water partition coefficient (Wildman–Crippen LogP) is 0.473. The van der Waals surface area contributed by atoms with E-state index in [4.69, 9.17) is 19.7 Å². The van der Waals surface area contributed by atoms with E-state index in [1.807, 2.05) is 0 Å². The lowest BCUT2D eigenvalue weighted by atomic mass is 10.1. The molecule has 9 heteroatoms. The van der Waals surface area contributed by atoms with Crippen LogP contribution in [0.4, 0.5) is 13.2 Å². The van der Waals surface area contributed by atoms with Crippen molar-refractivity contribution >= 4 is 11.9 Å². The average molecular weight is 273 g/mol. The summed E-state index contributed by atoms with van der Waals surface area (Å²) < 4.78 is 36.9. The van der Waals surface area contributed by atoms with Crippen molar-refractivity contribution in [1.29, 1.82) is 0 Å². The first-order valence-corrected chi connectivity index (χ1v) is 5.06. The van der Waals surface area contributed by atoms with Crippen molar-refractivity contribution in [3.05, 3.63) is 0 Å². The van der Waals surface area contributed by atoms with Gasteiger partial charge < -0.3 is 20.3 Å². The minimum absolute atomic E-state index is 0.223. The van der Waals surface area contributed by atoms with Gasteiger partial charge in [-0.1, -0.05) is 0 Å². The molecule has 0 aromatic carbocycles. The Morgan fingerprint density at radius 2 is 1.89 bits per heavy atom. The SMILES string of the molecule is O=C(O)C(F)(F)F.O=C(O)CC[C@@H]1COCCN1. The van der Waals surface area contributed by atoms with Gasteiger partial charge in [0.1, 0.15) is 0 Å².